The van der Waals surface area contributed by atoms with E-state index in [0.717, 1.165) is 16.4 Å². The first-order valence-electron chi connectivity index (χ1n) is 6.79. The third-order valence-electron chi connectivity index (χ3n) is 3.07. The van der Waals surface area contributed by atoms with Crippen molar-refractivity contribution in [2.24, 2.45) is 5.11 Å². The number of nitrogens with two attached hydrogens (primary N) is 1. The molecule has 2 aromatic heterocycles. The number of nitrogens with one attached hydrogen (secondary N) is 2. The zero-order valence-electron chi connectivity index (χ0n) is 12.8. The van der Waals surface area contributed by atoms with E-state index < -0.39 is 11.9 Å². The van der Waals surface area contributed by atoms with Crippen molar-refractivity contribution in [1.29, 1.82) is 5.53 Å². The minimum atomic E-state index is -4.51. The summed E-state index contributed by atoms with van der Waals surface area (Å²) in [6.45, 7) is 1.69. The fraction of sp³-hybridized carbons (Fsp3) is 0.417. The van der Waals surface area contributed by atoms with E-state index in [4.69, 9.17) is 11.3 Å². The molecule has 2 aromatic rings. The summed E-state index contributed by atoms with van der Waals surface area (Å²) in [5.41, 5.74) is 12.1. The Kier molecular flexibility index (Phi) is 5.26. The molecule has 0 fully saturated rings. The van der Waals surface area contributed by atoms with Crippen LogP contribution >= 0.6 is 11.8 Å². The minimum absolute atomic E-state index is 0.0217. The summed E-state index contributed by atoms with van der Waals surface area (Å²) in [4.78, 5) is 7.84. The van der Waals surface area contributed by atoms with Crippen LogP contribution in [0.15, 0.2) is 16.3 Å². The number of halogens is 3. The number of nitrogens with zero attached hydrogens (tertiary/aromatic N) is 5. The van der Waals surface area contributed by atoms with Crippen molar-refractivity contribution in [3.63, 3.8) is 0 Å². The maximum atomic E-state index is 13.2. The normalized spacial score (nSPS) is 11.5. The van der Waals surface area contributed by atoms with E-state index in [-0.39, 0.29) is 40.3 Å². The molecular formula is C12H15F3N8S. The fourth-order valence-electron chi connectivity index (χ4n) is 2.07. The molecule has 0 aliphatic rings. The lowest BCUT2D eigenvalue weighted by Gasteiger charge is -2.12. The molecule has 0 spiro atoms. The highest BCUT2D eigenvalue weighted by Crippen LogP contribution is 2.38. The van der Waals surface area contributed by atoms with Crippen LogP contribution < -0.4 is 11.1 Å². The third-order valence-corrected chi connectivity index (χ3v) is 4.08. The molecule has 0 saturated carbocycles. The van der Waals surface area contributed by atoms with Gasteiger partial charge in [0.1, 0.15) is 10.7 Å². The number of hydrogen-bond acceptors (Lipinski definition) is 8. The molecule has 0 aromatic carbocycles. The zero-order chi connectivity index (χ0) is 17.9. The number of hydrogen-bond donors (Lipinski definition) is 3. The van der Waals surface area contributed by atoms with Gasteiger partial charge < -0.3 is 11.1 Å². The minimum Gasteiger partial charge on any atom is -0.371 e. The molecule has 8 nitrogen and oxygen atoms in total. The Bertz CT molecular complexity index is 743. The first kappa shape index (κ1) is 18.0. The number of anilines is 2. The molecule has 24 heavy (non-hydrogen) atoms. The van der Waals surface area contributed by atoms with E-state index in [1.165, 1.54) is 6.20 Å². The van der Waals surface area contributed by atoms with Gasteiger partial charge in [-0.3, -0.25) is 4.68 Å². The highest BCUT2D eigenvalue weighted by atomic mass is 32.2. The molecule has 0 aliphatic carbocycles. The maximum absolute atomic E-state index is 13.2. The maximum Gasteiger partial charge on any atom is 0.433 e. The molecular weight excluding hydrogens is 345 g/mol. The SMILES string of the molecule is CCn1ncc(CSc2nc(N)nc(NC)c2N=N)c1C(F)(F)F. The van der Waals surface area contributed by atoms with Crippen LogP contribution in [0.2, 0.25) is 0 Å². The van der Waals surface area contributed by atoms with Crippen molar-refractivity contribution in [2.75, 3.05) is 18.1 Å². The summed E-state index contributed by atoms with van der Waals surface area (Å²) in [5, 5.41) is 10.0. The Morgan fingerprint density at radius 1 is 1.42 bits per heavy atom. The second-order valence-electron chi connectivity index (χ2n) is 4.57. The number of aromatic nitrogens is 4. The van der Waals surface area contributed by atoms with Crippen LogP contribution in [0.5, 0.6) is 0 Å². The number of aryl methyl sites for hydroxylation is 1. The average Bonchev–Trinajstić information content (AvgIpc) is 2.95. The topological polar surface area (TPSA) is 118 Å². The van der Waals surface area contributed by atoms with Crippen LogP contribution in [0.1, 0.15) is 18.2 Å². The largest absolute Gasteiger partial charge is 0.433 e. The Hall–Kier alpha value is -2.37. The van der Waals surface area contributed by atoms with Gasteiger partial charge in [0.05, 0.1) is 6.20 Å². The van der Waals surface area contributed by atoms with E-state index in [9.17, 15) is 13.2 Å². The van der Waals surface area contributed by atoms with Crippen molar-refractivity contribution >= 4 is 29.2 Å². The molecule has 0 unspecified atom stereocenters. The lowest BCUT2D eigenvalue weighted by molar-refractivity contribution is -0.144. The van der Waals surface area contributed by atoms with E-state index in [1.54, 1.807) is 14.0 Å². The quantitative estimate of drug-likeness (QED) is 0.413. The number of rotatable bonds is 6. The molecule has 0 saturated heterocycles. The van der Waals surface area contributed by atoms with Gasteiger partial charge >= 0.3 is 6.18 Å². The van der Waals surface area contributed by atoms with Crippen LogP contribution in [0.3, 0.4) is 0 Å². The van der Waals surface area contributed by atoms with E-state index in [2.05, 4.69) is 25.5 Å². The molecule has 130 valence electrons. The van der Waals surface area contributed by atoms with Gasteiger partial charge in [-0.15, -0.1) is 0 Å². The van der Waals surface area contributed by atoms with Gasteiger partial charge in [-0.2, -0.15) is 28.4 Å². The standard InChI is InChI=1S/C12H15F3N8S/c1-3-23-8(12(13,14)15)6(4-19-23)5-24-10-7(22-17)9(18-2)20-11(16)21-10/h4,17H,3,5H2,1-2H3,(H3,16,18,20,21). The lowest BCUT2D eigenvalue weighted by atomic mass is 10.2. The number of thioether (sulfide) groups is 1. The molecule has 12 heteroatoms. The zero-order valence-corrected chi connectivity index (χ0v) is 13.7. The Morgan fingerprint density at radius 2 is 2.12 bits per heavy atom. The van der Waals surface area contributed by atoms with E-state index >= 15 is 0 Å². The van der Waals surface area contributed by atoms with Crippen molar-refractivity contribution in [3.05, 3.63) is 17.5 Å². The predicted molar refractivity (Wildman–Crippen MR) is 83.3 cm³/mol. The van der Waals surface area contributed by atoms with E-state index in [0.29, 0.717) is 0 Å². The van der Waals surface area contributed by atoms with Crippen molar-refractivity contribution in [3.8, 4) is 0 Å². The molecule has 2 rings (SSSR count). The summed E-state index contributed by atoms with van der Waals surface area (Å²) < 4.78 is 40.5. The van der Waals surface area contributed by atoms with Crippen LogP contribution in [0.4, 0.5) is 30.6 Å². The van der Waals surface area contributed by atoms with Gasteiger partial charge in [0.25, 0.3) is 0 Å². The summed E-state index contributed by atoms with van der Waals surface area (Å²) in [6, 6.07) is 0. The average molecular weight is 360 g/mol. The van der Waals surface area contributed by atoms with Crippen LogP contribution in [0, 0.1) is 5.53 Å². The van der Waals surface area contributed by atoms with Gasteiger partial charge in [0, 0.05) is 24.9 Å². The highest BCUT2D eigenvalue weighted by molar-refractivity contribution is 7.98. The van der Waals surface area contributed by atoms with Gasteiger partial charge in [0.15, 0.2) is 11.5 Å². The van der Waals surface area contributed by atoms with Crippen LogP contribution in [0.25, 0.3) is 0 Å². The van der Waals surface area contributed by atoms with Crippen molar-refractivity contribution in [1.82, 2.24) is 19.7 Å². The molecule has 0 aliphatic heterocycles. The predicted octanol–water partition coefficient (Wildman–Crippen LogP) is 3.29. The number of alkyl halides is 3. The van der Waals surface area contributed by atoms with Crippen LogP contribution in [-0.2, 0) is 18.5 Å². The summed E-state index contributed by atoms with van der Waals surface area (Å²) in [5.74, 6) is 0.131. The Labute approximate surface area is 139 Å². The first-order valence-corrected chi connectivity index (χ1v) is 7.77. The lowest BCUT2D eigenvalue weighted by Crippen LogP contribution is -2.15. The highest BCUT2D eigenvalue weighted by Gasteiger charge is 2.37. The molecule has 0 bridgehead atoms. The van der Waals surface area contributed by atoms with Gasteiger partial charge in [-0.25, -0.2) is 10.5 Å². The van der Waals surface area contributed by atoms with Crippen LogP contribution in [-0.4, -0.2) is 26.8 Å². The number of nitrogen functional groups attached to an aromatic ring is 1. The summed E-state index contributed by atoms with van der Waals surface area (Å²) in [7, 11) is 1.57. The summed E-state index contributed by atoms with van der Waals surface area (Å²) >= 11 is 0.984. The van der Waals surface area contributed by atoms with E-state index in [1.807, 2.05) is 0 Å². The second-order valence-corrected chi connectivity index (χ2v) is 5.53. The molecule has 0 atom stereocenters. The van der Waals surface area contributed by atoms with Crippen molar-refractivity contribution < 1.29 is 13.2 Å². The Balaban J connectivity index is 2.34. The third kappa shape index (κ3) is 3.58. The second kappa shape index (κ2) is 7.03. The van der Waals surface area contributed by atoms with Crippen molar-refractivity contribution in [2.45, 2.75) is 30.4 Å². The smallest absolute Gasteiger partial charge is 0.371 e. The van der Waals surface area contributed by atoms with Gasteiger partial charge in [-0.1, -0.05) is 11.8 Å². The molecule has 0 radical (unpaired) electrons. The molecule has 4 N–H and O–H groups in total. The van der Waals surface area contributed by atoms with Gasteiger partial charge in [-0.05, 0) is 6.92 Å². The summed E-state index contributed by atoms with van der Waals surface area (Å²) in [6.07, 6.45) is -3.33. The molecule has 0 amide bonds. The van der Waals surface area contributed by atoms with Gasteiger partial charge in [0.2, 0.25) is 5.95 Å². The Morgan fingerprint density at radius 3 is 2.67 bits per heavy atom. The molecule has 2 heterocycles. The fourth-order valence-corrected chi connectivity index (χ4v) is 3.01. The monoisotopic (exact) mass is 360 g/mol. The first-order chi connectivity index (χ1) is 11.3.